The summed E-state index contributed by atoms with van der Waals surface area (Å²) in [4.78, 5) is 49.4. The maximum absolute atomic E-state index is 12.7. The second kappa shape index (κ2) is 6.69. The lowest BCUT2D eigenvalue weighted by atomic mass is 9.86. The molecule has 0 radical (unpaired) electrons. The van der Waals surface area contributed by atoms with Crippen LogP contribution in [0, 0.1) is 0 Å². The van der Waals surface area contributed by atoms with Gasteiger partial charge in [0.05, 0.1) is 0 Å². The van der Waals surface area contributed by atoms with Gasteiger partial charge in [-0.05, 0) is 25.0 Å². The first kappa shape index (κ1) is 17.5. The molecule has 1 aliphatic rings. The number of nitrogens with zero attached hydrogens (tertiary/aromatic N) is 2. The summed E-state index contributed by atoms with van der Waals surface area (Å²) >= 11 is 0. The van der Waals surface area contributed by atoms with E-state index in [1.165, 1.54) is 11.9 Å². The second-order valence-electron chi connectivity index (χ2n) is 5.64. The Balaban J connectivity index is 2.51. The smallest absolute Gasteiger partial charge is 0.331 e. The van der Waals surface area contributed by atoms with Gasteiger partial charge in [-0.2, -0.15) is 0 Å². The molecule has 1 saturated heterocycles. The first-order chi connectivity index (χ1) is 11.3. The predicted octanol–water partition coefficient (Wildman–Crippen LogP) is 1.55. The van der Waals surface area contributed by atoms with Crippen LogP contribution >= 0.6 is 0 Å². The molecule has 0 aliphatic carbocycles. The number of carboxylic acids is 2. The fraction of sp³-hybridized carbons (Fsp3) is 0.375. The van der Waals surface area contributed by atoms with E-state index in [0.717, 1.165) is 4.90 Å². The molecule has 0 aromatic heterocycles. The number of imide groups is 1. The summed E-state index contributed by atoms with van der Waals surface area (Å²) in [6, 6.07) is 7.77. The third-order valence-electron chi connectivity index (χ3n) is 4.13. The molecule has 0 spiro atoms. The van der Waals surface area contributed by atoms with Gasteiger partial charge in [-0.25, -0.2) is 4.79 Å². The van der Waals surface area contributed by atoms with Crippen LogP contribution in [-0.2, 0) is 14.4 Å². The molecule has 2 rings (SSSR count). The zero-order valence-corrected chi connectivity index (χ0v) is 13.1. The summed E-state index contributed by atoms with van der Waals surface area (Å²) in [5, 5.41) is 18.0. The number of para-hydroxylation sites is 1. The van der Waals surface area contributed by atoms with Gasteiger partial charge >= 0.3 is 18.0 Å². The van der Waals surface area contributed by atoms with Crippen LogP contribution in [0.1, 0.15) is 25.7 Å². The Morgan fingerprint density at radius 1 is 1.00 bits per heavy atom. The highest BCUT2D eigenvalue weighted by atomic mass is 16.4. The Bertz CT molecular complexity index is 654. The molecule has 3 amide bonds. The van der Waals surface area contributed by atoms with Crippen LogP contribution in [0.5, 0.6) is 0 Å². The highest BCUT2D eigenvalue weighted by molar-refractivity contribution is 6.16. The van der Waals surface area contributed by atoms with Crippen molar-refractivity contribution in [2.24, 2.45) is 0 Å². The van der Waals surface area contributed by atoms with Gasteiger partial charge in [-0.3, -0.25) is 24.2 Å². The van der Waals surface area contributed by atoms with Crippen LogP contribution in [0.25, 0.3) is 0 Å². The van der Waals surface area contributed by atoms with Gasteiger partial charge in [0, 0.05) is 25.6 Å². The summed E-state index contributed by atoms with van der Waals surface area (Å²) < 4.78 is 0. The van der Waals surface area contributed by atoms with Crippen molar-refractivity contribution in [3.8, 4) is 0 Å². The van der Waals surface area contributed by atoms with E-state index >= 15 is 0 Å². The Labute approximate surface area is 138 Å². The third kappa shape index (κ3) is 3.08. The molecule has 1 aromatic rings. The zero-order chi connectivity index (χ0) is 17.9. The quantitative estimate of drug-likeness (QED) is 0.731. The van der Waals surface area contributed by atoms with E-state index in [1.807, 2.05) is 0 Å². The molecule has 0 atom stereocenters. The molecule has 1 heterocycles. The predicted molar refractivity (Wildman–Crippen MR) is 83.6 cm³/mol. The number of carbonyl (C=O) groups is 4. The summed E-state index contributed by atoms with van der Waals surface area (Å²) in [7, 11) is 1.31. The number of aliphatic carboxylic acids is 2. The molecule has 24 heavy (non-hydrogen) atoms. The lowest BCUT2D eigenvalue weighted by Crippen LogP contribution is -2.50. The minimum Gasteiger partial charge on any atom is -0.481 e. The van der Waals surface area contributed by atoms with Crippen LogP contribution in [0.4, 0.5) is 10.5 Å². The van der Waals surface area contributed by atoms with Crippen LogP contribution in [0.2, 0.25) is 0 Å². The maximum atomic E-state index is 12.7. The molecular formula is C16H18N2O6. The molecule has 0 saturated carbocycles. The molecule has 0 unspecified atom stereocenters. The van der Waals surface area contributed by atoms with Crippen LogP contribution in [-0.4, -0.2) is 51.6 Å². The van der Waals surface area contributed by atoms with Crippen molar-refractivity contribution in [1.29, 1.82) is 0 Å². The lowest BCUT2D eigenvalue weighted by molar-refractivity contribution is -0.138. The van der Waals surface area contributed by atoms with Crippen LogP contribution in [0.3, 0.4) is 0 Å². The number of likely N-dealkylation sites (N-methyl/N-ethyl adjacent to an activating group) is 1. The normalized spacial score (nSPS) is 16.5. The number of hydrogen-bond acceptors (Lipinski definition) is 4. The van der Waals surface area contributed by atoms with Gasteiger partial charge in [0.15, 0.2) is 0 Å². The number of carbonyl (C=O) groups excluding carboxylic acids is 2. The fourth-order valence-electron chi connectivity index (χ4n) is 2.95. The molecule has 1 aliphatic heterocycles. The lowest BCUT2D eigenvalue weighted by Gasteiger charge is -2.34. The molecule has 2 N–H and O–H groups in total. The number of amides is 3. The second-order valence-corrected chi connectivity index (χ2v) is 5.64. The number of urea groups is 1. The Morgan fingerprint density at radius 2 is 1.50 bits per heavy atom. The zero-order valence-electron chi connectivity index (χ0n) is 13.1. The van der Waals surface area contributed by atoms with Gasteiger partial charge < -0.3 is 10.2 Å². The summed E-state index contributed by atoms with van der Waals surface area (Å²) in [6.45, 7) is 0. The minimum absolute atomic E-state index is 0.153. The summed E-state index contributed by atoms with van der Waals surface area (Å²) in [5.41, 5.74) is -1.08. The summed E-state index contributed by atoms with van der Waals surface area (Å²) in [5.74, 6) is -2.82. The number of hydrogen-bond donors (Lipinski definition) is 2. The third-order valence-corrected chi connectivity index (χ3v) is 4.13. The van der Waals surface area contributed by atoms with Crippen molar-refractivity contribution in [3.63, 3.8) is 0 Å². The van der Waals surface area contributed by atoms with E-state index in [1.54, 1.807) is 30.3 Å². The van der Waals surface area contributed by atoms with Gasteiger partial charge in [0.25, 0.3) is 5.91 Å². The summed E-state index contributed by atoms with van der Waals surface area (Å²) in [6.07, 6.45) is -1.01. The van der Waals surface area contributed by atoms with E-state index in [-0.39, 0.29) is 25.7 Å². The van der Waals surface area contributed by atoms with Crippen molar-refractivity contribution in [1.82, 2.24) is 4.90 Å². The molecule has 8 heteroatoms. The van der Waals surface area contributed by atoms with E-state index in [4.69, 9.17) is 10.2 Å². The highest BCUT2D eigenvalue weighted by Gasteiger charge is 2.56. The Morgan fingerprint density at radius 3 is 1.96 bits per heavy atom. The average Bonchev–Trinajstić information content (AvgIpc) is 2.73. The van der Waals surface area contributed by atoms with E-state index in [2.05, 4.69) is 0 Å². The van der Waals surface area contributed by atoms with E-state index in [0.29, 0.717) is 5.69 Å². The topological polar surface area (TPSA) is 115 Å². The molecular weight excluding hydrogens is 316 g/mol. The van der Waals surface area contributed by atoms with Crippen molar-refractivity contribution in [2.75, 3.05) is 11.9 Å². The van der Waals surface area contributed by atoms with E-state index in [9.17, 15) is 19.2 Å². The van der Waals surface area contributed by atoms with Gasteiger partial charge in [0.1, 0.15) is 5.54 Å². The largest absolute Gasteiger partial charge is 0.481 e. The Kier molecular flexibility index (Phi) is 4.87. The SMILES string of the molecule is CN1C(=O)N(c2ccccc2)C(CCC(=O)O)(CCC(=O)O)C1=O. The average molecular weight is 334 g/mol. The Hall–Kier alpha value is -2.90. The number of benzene rings is 1. The van der Waals surface area contributed by atoms with Crippen LogP contribution < -0.4 is 4.90 Å². The van der Waals surface area contributed by atoms with Crippen LogP contribution in [0.15, 0.2) is 30.3 Å². The fourth-order valence-corrected chi connectivity index (χ4v) is 2.95. The van der Waals surface area contributed by atoms with Gasteiger partial charge in [0.2, 0.25) is 0 Å². The first-order valence-corrected chi connectivity index (χ1v) is 7.40. The number of carboxylic acid groups (broad SMARTS) is 2. The van der Waals surface area contributed by atoms with E-state index < -0.39 is 29.4 Å². The number of rotatable bonds is 7. The molecule has 0 bridgehead atoms. The highest BCUT2D eigenvalue weighted by Crippen LogP contribution is 2.39. The minimum atomic E-state index is -1.51. The van der Waals surface area contributed by atoms with Crippen molar-refractivity contribution >= 4 is 29.6 Å². The van der Waals surface area contributed by atoms with Gasteiger partial charge in [-0.15, -0.1) is 0 Å². The molecule has 1 fully saturated rings. The van der Waals surface area contributed by atoms with Gasteiger partial charge in [-0.1, -0.05) is 18.2 Å². The number of anilines is 1. The van der Waals surface area contributed by atoms with Crippen molar-refractivity contribution in [3.05, 3.63) is 30.3 Å². The first-order valence-electron chi connectivity index (χ1n) is 7.40. The standard InChI is InChI=1S/C16H18N2O6/c1-17-14(23)16(9-7-12(19)20,10-8-13(21)22)18(15(17)24)11-5-3-2-4-6-11/h2-6H,7-10H2,1H3,(H,19,20)(H,21,22). The monoisotopic (exact) mass is 334 g/mol. The van der Waals surface area contributed by atoms with Crippen molar-refractivity contribution in [2.45, 2.75) is 31.2 Å². The maximum Gasteiger partial charge on any atom is 0.331 e. The van der Waals surface area contributed by atoms with Crippen molar-refractivity contribution < 1.29 is 29.4 Å². The molecule has 128 valence electrons. The molecule has 8 nitrogen and oxygen atoms in total. The molecule has 1 aromatic carbocycles.